The van der Waals surface area contributed by atoms with Crippen molar-refractivity contribution in [2.45, 2.75) is 25.4 Å². The third-order valence-corrected chi connectivity index (χ3v) is 2.77. The van der Waals surface area contributed by atoms with Gasteiger partial charge >= 0.3 is 0 Å². The van der Waals surface area contributed by atoms with Crippen molar-refractivity contribution in [3.63, 3.8) is 0 Å². The molecule has 2 rings (SSSR count). The van der Waals surface area contributed by atoms with Crippen LogP contribution in [0.3, 0.4) is 0 Å². The number of nitrogens with zero attached hydrogens (tertiary/aromatic N) is 1. The van der Waals surface area contributed by atoms with Gasteiger partial charge in [0.05, 0.1) is 5.92 Å². The second-order valence-corrected chi connectivity index (χ2v) is 3.41. The van der Waals surface area contributed by atoms with Crippen LogP contribution in [0.2, 0.25) is 0 Å². The lowest BCUT2D eigenvalue weighted by Crippen LogP contribution is -2.12. The van der Waals surface area contributed by atoms with Gasteiger partial charge in [0.1, 0.15) is 10.7 Å². The molecule has 0 N–H and O–H groups in total. The van der Waals surface area contributed by atoms with Crippen molar-refractivity contribution < 1.29 is 4.84 Å². The van der Waals surface area contributed by atoms with Crippen LogP contribution in [0.25, 0.3) is 0 Å². The summed E-state index contributed by atoms with van der Waals surface area (Å²) < 4.78 is 1.02. The zero-order chi connectivity index (χ0) is 6.27. The Balaban J connectivity index is 2.16. The van der Waals surface area contributed by atoms with Crippen molar-refractivity contribution in [1.29, 1.82) is 0 Å². The molecule has 1 heterocycles. The smallest absolute Gasteiger partial charge is 0.136 e. The molecule has 9 heavy (non-hydrogen) atoms. The Hall–Kier alpha value is -0.0500. The molecular formula is C6H8BrNO. The molecule has 1 aliphatic carbocycles. The van der Waals surface area contributed by atoms with E-state index in [1.165, 1.54) is 19.3 Å². The summed E-state index contributed by atoms with van der Waals surface area (Å²) in [7, 11) is 0. The van der Waals surface area contributed by atoms with Gasteiger partial charge in [-0.25, -0.2) is 0 Å². The minimum Gasteiger partial charge on any atom is -0.391 e. The molecule has 0 aromatic rings. The van der Waals surface area contributed by atoms with E-state index < -0.39 is 0 Å². The van der Waals surface area contributed by atoms with Gasteiger partial charge < -0.3 is 4.84 Å². The van der Waals surface area contributed by atoms with E-state index in [0.717, 1.165) is 4.62 Å². The van der Waals surface area contributed by atoms with Gasteiger partial charge in [-0.3, -0.25) is 0 Å². The highest BCUT2D eigenvalue weighted by atomic mass is 79.9. The van der Waals surface area contributed by atoms with Crippen molar-refractivity contribution in [2.75, 3.05) is 0 Å². The molecular weight excluding hydrogens is 182 g/mol. The van der Waals surface area contributed by atoms with Crippen LogP contribution in [-0.4, -0.2) is 10.7 Å². The molecule has 0 spiro atoms. The molecule has 50 valence electrons. The molecule has 1 aliphatic heterocycles. The van der Waals surface area contributed by atoms with Crippen molar-refractivity contribution in [3.8, 4) is 0 Å². The van der Waals surface area contributed by atoms with Gasteiger partial charge in [-0.15, -0.1) is 0 Å². The van der Waals surface area contributed by atoms with Crippen molar-refractivity contribution in [3.05, 3.63) is 0 Å². The average Bonchev–Trinajstić information content (AvgIpc) is 2.35. The molecule has 0 radical (unpaired) electrons. The van der Waals surface area contributed by atoms with E-state index in [-0.39, 0.29) is 0 Å². The number of rotatable bonds is 0. The van der Waals surface area contributed by atoms with Crippen LogP contribution in [0.1, 0.15) is 19.3 Å². The summed E-state index contributed by atoms with van der Waals surface area (Å²) in [5.74, 6) is 0.588. The molecule has 2 atom stereocenters. The molecule has 0 aromatic carbocycles. The third-order valence-electron chi connectivity index (χ3n) is 2.03. The van der Waals surface area contributed by atoms with E-state index in [0.29, 0.717) is 12.0 Å². The lowest BCUT2D eigenvalue weighted by Gasteiger charge is -2.03. The summed E-state index contributed by atoms with van der Waals surface area (Å²) in [6, 6.07) is 0. The molecule has 3 heteroatoms. The highest BCUT2D eigenvalue weighted by Crippen LogP contribution is 2.35. The zero-order valence-electron chi connectivity index (χ0n) is 5.01. The Bertz CT molecular complexity index is 157. The first kappa shape index (κ1) is 5.71. The van der Waals surface area contributed by atoms with Crippen molar-refractivity contribution in [1.82, 2.24) is 0 Å². The highest BCUT2D eigenvalue weighted by molar-refractivity contribution is 9.18. The van der Waals surface area contributed by atoms with Gasteiger partial charge in [0.2, 0.25) is 0 Å². The van der Waals surface area contributed by atoms with Crippen LogP contribution in [0.4, 0.5) is 0 Å². The Morgan fingerprint density at radius 3 is 3.22 bits per heavy atom. The van der Waals surface area contributed by atoms with Crippen LogP contribution in [0.5, 0.6) is 0 Å². The van der Waals surface area contributed by atoms with E-state index in [4.69, 9.17) is 4.84 Å². The summed E-state index contributed by atoms with van der Waals surface area (Å²) in [4.78, 5) is 5.13. The first-order valence-electron chi connectivity index (χ1n) is 3.27. The Labute approximate surface area is 62.4 Å². The normalized spacial score (nSPS) is 39.9. The maximum atomic E-state index is 5.13. The fourth-order valence-electron chi connectivity index (χ4n) is 1.51. The topological polar surface area (TPSA) is 21.6 Å². The maximum absolute atomic E-state index is 5.13. The van der Waals surface area contributed by atoms with E-state index in [1.807, 2.05) is 0 Å². The quantitative estimate of drug-likeness (QED) is 0.571. The summed E-state index contributed by atoms with van der Waals surface area (Å²) in [6.07, 6.45) is 4.12. The van der Waals surface area contributed by atoms with Gasteiger partial charge in [0, 0.05) is 0 Å². The summed E-state index contributed by atoms with van der Waals surface area (Å²) in [5, 5.41) is 3.85. The number of hydrogen-bond donors (Lipinski definition) is 0. The summed E-state index contributed by atoms with van der Waals surface area (Å²) in [5.41, 5.74) is 0. The van der Waals surface area contributed by atoms with Gasteiger partial charge in [0.15, 0.2) is 0 Å². The van der Waals surface area contributed by atoms with E-state index in [9.17, 15) is 0 Å². The minimum absolute atomic E-state index is 0.402. The lowest BCUT2D eigenvalue weighted by atomic mass is 10.1. The van der Waals surface area contributed by atoms with Crippen LogP contribution < -0.4 is 0 Å². The molecule has 0 unspecified atom stereocenters. The molecule has 2 nitrogen and oxygen atoms in total. The number of fused-ring (bicyclic) bond motifs is 1. The molecule has 0 saturated heterocycles. The van der Waals surface area contributed by atoms with E-state index >= 15 is 0 Å². The maximum Gasteiger partial charge on any atom is 0.136 e. The number of hydrogen-bond acceptors (Lipinski definition) is 2. The van der Waals surface area contributed by atoms with Crippen molar-refractivity contribution in [2.24, 2.45) is 11.1 Å². The van der Waals surface area contributed by atoms with Crippen LogP contribution in [-0.2, 0) is 4.84 Å². The lowest BCUT2D eigenvalue weighted by molar-refractivity contribution is 0.0746. The zero-order valence-corrected chi connectivity index (χ0v) is 6.60. The Morgan fingerprint density at radius 2 is 2.44 bits per heavy atom. The third kappa shape index (κ3) is 0.784. The van der Waals surface area contributed by atoms with E-state index in [1.54, 1.807) is 0 Å². The summed E-state index contributed by atoms with van der Waals surface area (Å²) >= 11 is 3.37. The van der Waals surface area contributed by atoms with Gasteiger partial charge in [0.25, 0.3) is 0 Å². The molecule has 0 amide bonds. The standard InChI is InChI=1S/C6H8BrNO/c7-6-4-2-1-3-5(4)9-8-6/h4-5H,1-3H2/t4-,5+/m1/s1. The fraction of sp³-hybridized carbons (Fsp3) is 0.833. The first-order valence-corrected chi connectivity index (χ1v) is 4.06. The van der Waals surface area contributed by atoms with Gasteiger partial charge in [-0.1, -0.05) is 5.16 Å². The average molecular weight is 190 g/mol. The molecule has 1 fully saturated rings. The van der Waals surface area contributed by atoms with Crippen molar-refractivity contribution >= 4 is 20.6 Å². The monoisotopic (exact) mass is 189 g/mol. The second kappa shape index (κ2) is 1.97. The molecule has 1 saturated carbocycles. The predicted molar refractivity (Wildman–Crippen MR) is 38.6 cm³/mol. The van der Waals surface area contributed by atoms with Crippen LogP contribution in [0, 0.1) is 5.92 Å². The van der Waals surface area contributed by atoms with E-state index in [2.05, 4.69) is 21.1 Å². The first-order chi connectivity index (χ1) is 4.38. The number of oxime groups is 1. The predicted octanol–water partition coefficient (Wildman–Crippen LogP) is 1.89. The molecule has 0 aromatic heterocycles. The summed E-state index contributed by atoms with van der Waals surface area (Å²) in [6.45, 7) is 0. The van der Waals surface area contributed by atoms with Crippen LogP contribution in [0.15, 0.2) is 5.16 Å². The fourth-order valence-corrected chi connectivity index (χ4v) is 2.12. The minimum atomic E-state index is 0.402. The molecule has 2 aliphatic rings. The largest absolute Gasteiger partial charge is 0.391 e. The SMILES string of the molecule is BrC1=NO[C@H]2CCC[C@@H]12. The van der Waals surface area contributed by atoms with Gasteiger partial charge in [-0.05, 0) is 35.2 Å². The second-order valence-electron chi connectivity index (χ2n) is 2.60. The highest BCUT2D eigenvalue weighted by Gasteiger charge is 2.36. The Morgan fingerprint density at radius 1 is 1.56 bits per heavy atom. The van der Waals surface area contributed by atoms with Crippen LogP contribution >= 0.6 is 15.9 Å². The number of halogens is 1. The van der Waals surface area contributed by atoms with Gasteiger partial charge in [-0.2, -0.15) is 0 Å². The Kier molecular flexibility index (Phi) is 1.25. The molecule has 0 bridgehead atoms.